The Morgan fingerprint density at radius 1 is 0.278 bits per heavy atom. The zero-order valence-electron chi connectivity index (χ0n) is 63.8. The fourth-order valence-electron chi connectivity index (χ4n) is 16.0. The molecule has 0 aliphatic carbocycles. The first-order valence-corrected chi connectivity index (χ1v) is 39.2. The van der Waals surface area contributed by atoms with E-state index in [-0.39, 0.29) is 24.7 Å². The molecule has 15 aromatic carbocycles. The lowest BCUT2D eigenvalue weighted by atomic mass is 10.00. The lowest BCUT2D eigenvalue weighted by molar-refractivity contribution is -0.138. The maximum Gasteiger partial charge on any atom is 0.330 e. The molecule has 15 nitrogen and oxygen atoms in total. The van der Waals surface area contributed by atoms with Crippen molar-refractivity contribution in [2.24, 2.45) is 0 Å². The molecule has 0 radical (unpaired) electrons. The van der Waals surface area contributed by atoms with E-state index in [0.717, 1.165) is 86.7 Å². The van der Waals surface area contributed by atoms with Crippen LogP contribution in [0.15, 0.2) is 298 Å². The van der Waals surface area contributed by atoms with Gasteiger partial charge < -0.3 is 62.5 Å². The third-order valence-corrected chi connectivity index (χ3v) is 21.1. The van der Waals surface area contributed by atoms with Gasteiger partial charge in [0.15, 0.2) is 0 Å². The van der Waals surface area contributed by atoms with Crippen molar-refractivity contribution in [2.45, 2.75) is 51.4 Å². The van der Waals surface area contributed by atoms with Crippen LogP contribution in [-0.4, -0.2) is 98.9 Å². The summed E-state index contributed by atoms with van der Waals surface area (Å²) in [6.07, 6.45) is 8.06. The van der Waals surface area contributed by atoms with Gasteiger partial charge in [-0.05, 0) is 152 Å². The molecule has 0 aliphatic heterocycles. The van der Waals surface area contributed by atoms with E-state index in [0.29, 0.717) is 89.7 Å². The van der Waals surface area contributed by atoms with Crippen molar-refractivity contribution >= 4 is 142 Å². The second kappa shape index (κ2) is 34.6. The highest BCUT2D eigenvalue weighted by Crippen LogP contribution is 2.46. The molecule has 0 aliphatic rings. The molecule has 3 heterocycles. The van der Waals surface area contributed by atoms with Gasteiger partial charge in [-0.2, -0.15) is 0 Å². The highest BCUT2D eigenvalue weighted by Gasteiger charge is 2.23. The van der Waals surface area contributed by atoms with Gasteiger partial charge in [-0.3, -0.25) is 0 Å². The molecule has 0 saturated carbocycles. The van der Waals surface area contributed by atoms with E-state index in [1.165, 1.54) is 103 Å². The number of benzene rings is 15. The summed E-state index contributed by atoms with van der Waals surface area (Å²) in [6.45, 7) is 9.75. The van der Waals surface area contributed by atoms with Gasteiger partial charge in [-0.25, -0.2) is 9.59 Å². The summed E-state index contributed by atoms with van der Waals surface area (Å²) < 4.78 is 41.7. The number of aromatic hydroxyl groups is 2. The van der Waals surface area contributed by atoms with Gasteiger partial charge in [0.05, 0.1) is 89.8 Å². The van der Waals surface area contributed by atoms with Crippen LogP contribution in [0.25, 0.3) is 147 Å². The minimum atomic E-state index is -0.425. The molecule has 15 heteroatoms. The standard InChI is InChI=1S/C40H37NO6.C34H33NO4.C26H17NO2/c1-3-37(42)46-23-11-9-21-44-31-25-30(26-32(27-31)45-22-10-12-24-47-38(43)4-2)41-35-19-17-28-13-5-7-15-33(28)39(35)40-34-16-8-6-14-29(34)18-20-36(40)41;36-17-5-7-19-38-27-21-26(22-28(23-27)39-20-8-6-18-37)35-31-15-13-24-9-1-3-11-29(24)33(31)34-30-12-4-2-10-25(30)14-16-32(34)35;28-19-13-18(14-20(29)15-19)27-23-11-9-16-5-1-3-7-21(16)25(23)26-22-8-4-2-6-17(22)10-12-24(26)27/h3-8,13-20,25-27H,1-2,9-12,21-24H2;1-4,9-16,21-23,36-37H,5-8,17-20H2;1-15,28-29H. The van der Waals surface area contributed by atoms with Gasteiger partial charge in [-0.1, -0.05) is 195 Å². The number of hydrogen-bond donors (Lipinski definition) is 4. The van der Waals surface area contributed by atoms with Gasteiger partial charge in [0.25, 0.3) is 0 Å². The molecule has 0 unspecified atom stereocenters. The second-order valence-corrected chi connectivity index (χ2v) is 28.5. The number of phenolic OH excluding ortho intramolecular Hbond substituents is 2. The van der Waals surface area contributed by atoms with Crippen molar-refractivity contribution in [3.8, 4) is 51.6 Å². The Hall–Kier alpha value is -13.6. The number of carbonyl (C=O) groups excluding carboxylic acids is 2. The first kappa shape index (κ1) is 75.4. The first-order chi connectivity index (χ1) is 56.6. The van der Waals surface area contributed by atoms with Crippen LogP contribution >= 0.6 is 0 Å². The van der Waals surface area contributed by atoms with Gasteiger partial charge in [0.1, 0.15) is 34.5 Å². The zero-order chi connectivity index (χ0) is 78.7. The minimum Gasteiger partial charge on any atom is -0.508 e. The fourth-order valence-corrected chi connectivity index (χ4v) is 16.0. The Kier molecular flexibility index (Phi) is 22.7. The number of fused-ring (bicyclic) bond motifs is 21. The maximum atomic E-state index is 11.4. The second-order valence-electron chi connectivity index (χ2n) is 28.5. The van der Waals surface area contributed by atoms with Crippen molar-refractivity contribution in [1.82, 2.24) is 13.7 Å². The van der Waals surface area contributed by atoms with Crippen LogP contribution in [0.3, 0.4) is 0 Å². The van der Waals surface area contributed by atoms with Crippen LogP contribution in [0.2, 0.25) is 0 Å². The maximum absolute atomic E-state index is 11.4. The summed E-state index contributed by atoms with van der Waals surface area (Å²) in [5.74, 6) is 2.05. The van der Waals surface area contributed by atoms with E-state index in [2.05, 4.69) is 257 Å². The average Bonchev–Trinajstić information content (AvgIpc) is 1.58. The molecule has 0 amide bonds. The smallest absolute Gasteiger partial charge is 0.330 e. The summed E-state index contributed by atoms with van der Waals surface area (Å²) in [5.41, 5.74) is 9.14. The molecule has 574 valence electrons. The SMILES string of the molecule is C=CC(=O)OCCCCOc1cc(OCCCCOC(=O)C=C)cc(-n2c3ccc4ccccc4c3c3c4ccccc4ccc32)c1.OCCCCOc1cc(OCCCCO)cc(-n2c3ccc4ccccc4c3c3c4ccccc4ccc32)c1.Oc1cc(O)cc(-n2c3ccc4ccccc4c3c3c4ccccc4ccc32)c1. The van der Waals surface area contributed by atoms with Crippen molar-refractivity contribution in [2.75, 3.05) is 52.9 Å². The monoisotopic (exact) mass is 1520 g/mol. The fraction of sp³-hybridized carbons (Fsp3) is 0.160. The van der Waals surface area contributed by atoms with Gasteiger partial charge in [0.2, 0.25) is 0 Å². The minimum absolute atomic E-state index is 0.0385. The Morgan fingerprint density at radius 3 is 0.748 bits per heavy atom. The van der Waals surface area contributed by atoms with Crippen molar-refractivity contribution < 1.29 is 58.4 Å². The number of ether oxygens (including phenoxy) is 6. The lowest BCUT2D eigenvalue weighted by Crippen LogP contribution is -2.06. The molecule has 115 heavy (non-hydrogen) atoms. The Morgan fingerprint density at radius 2 is 0.504 bits per heavy atom. The molecule has 0 fully saturated rings. The number of esters is 2. The molecular formula is C100H87N3O12. The van der Waals surface area contributed by atoms with E-state index in [4.69, 9.17) is 28.4 Å². The van der Waals surface area contributed by atoms with Crippen LogP contribution in [0.5, 0.6) is 34.5 Å². The van der Waals surface area contributed by atoms with Gasteiger partial charge >= 0.3 is 11.9 Å². The van der Waals surface area contributed by atoms with E-state index < -0.39 is 11.9 Å². The predicted octanol–water partition coefficient (Wildman–Crippen LogP) is 22.8. The Bertz CT molecular complexity index is 6310. The number of unbranched alkanes of at least 4 members (excludes halogenated alkanes) is 4. The van der Waals surface area contributed by atoms with E-state index >= 15 is 0 Å². The lowest BCUT2D eigenvalue weighted by Gasteiger charge is -2.15. The molecule has 3 aromatic heterocycles. The molecule has 0 atom stereocenters. The number of aromatic nitrogens is 3. The molecule has 0 saturated heterocycles. The quantitative estimate of drug-likeness (QED) is 0.0217. The molecule has 18 aromatic rings. The Labute approximate surface area is 664 Å². The van der Waals surface area contributed by atoms with Crippen LogP contribution in [0.4, 0.5) is 0 Å². The zero-order valence-corrected chi connectivity index (χ0v) is 63.8. The molecule has 4 N–H and O–H groups in total. The van der Waals surface area contributed by atoms with Gasteiger partial charge in [0, 0.05) is 112 Å². The summed E-state index contributed by atoms with van der Waals surface area (Å²) in [5, 5.41) is 60.2. The van der Waals surface area contributed by atoms with Crippen LogP contribution < -0.4 is 18.9 Å². The number of carbonyl (C=O) groups is 2. The average molecular weight is 1520 g/mol. The summed E-state index contributed by atoms with van der Waals surface area (Å²) in [6, 6.07) is 93.8. The highest BCUT2D eigenvalue weighted by molar-refractivity contribution is 6.31. The molecular weight excluding hydrogens is 1440 g/mol. The van der Waals surface area contributed by atoms with Crippen LogP contribution in [0.1, 0.15) is 51.4 Å². The topological polar surface area (TPSA) is 185 Å². The van der Waals surface area contributed by atoms with Gasteiger partial charge in [-0.15, -0.1) is 0 Å². The number of aliphatic hydroxyl groups excluding tert-OH is 2. The van der Waals surface area contributed by atoms with Crippen molar-refractivity contribution in [1.29, 1.82) is 0 Å². The summed E-state index contributed by atoms with van der Waals surface area (Å²) in [4.78, 5) is 22.7. The highest BCUT2D eigenvalue weighted by atomic mass is 16.5. The third-order valence-electron chi connectivity index (χ3n) is 21.1. The first-order valence-electron chi connectivity index (χ1n) is 39.2. The van der Waals surface area contributed by atoms with E-state index in [1.807, 2.05) is 24.3 Å². The Balaban J connectivity index is 0.000000133. The van der Waals surface area contributed by atoms with Crippen molar-refractivity contribution in [3.05, 3.63) is 298 Å². The molecule has 0 bridgehead atoms. The van der Waals surface area contributed by atoms with Crippen LogP contribution in [0, 0.1) is 0 Å². The summed E-state index contributed by atoms with van der Waals surface area (Å²) >= 11 is 0. The number of aliphatic hydroxyl groups is 2. The van der Waals surface area contributed by atoms with E-state index in [9.17, 15) is 30.0 Å². The molecule has 18 rings (SSSR count). The number of nitrogens with zero attached hydrogens (tertiary/aromatic N) is 3. The predicted molar refractivity (Wildman–Crippen MR) is 466 cm³/mol. The van der Waals surface area contributed by atoms with Crippen molar-refractivity contribution in [3.63, 3.8) is 0 Å². The normalized spacial score (nSPS) is 11.5. The number of hydrogen-bond acceptors (Lipinski definition) is 12. The number of rotatable bonds is 27. The molecule has 0 spiro atoms. The summed E-state index contributed by atoms with van der Waals surface area (Å²) in [7, 11) is 0. The third kappa shape index (κ3) is 15.8. The van der Waals surface area contributed by atoms with E-state index in [1.54, 1.807) is 12.1 Å². The van der Waals surface area contributed by atoms with Crippen LogP contribution in [-0.2, 0) is 19.1 Å². The largest absolute Gasteiger partial charge is 0.508 e. The number of phenols is 2.